The number of nitrogens with two attached hydrogens (primary N) is 1. The molecule has 5 nitrogen and oxygen atoms in total. The standard InChI is InChI=1S/C10H15N3O2/c1-7-10(13-4-3-12-7)9(14)5-8(11)6-15-2/h3-4,8H,5-6,11H2,1-2H3. The molecule has 0 aliphatic heterocycles. The molecular formula is C10H15N3O2. The lowest BCUT2D eigenvalue weighted by atomic mass is 10.1. The highest BCUT2D eigenvalue weighted by atomic mass is 16.5. The van der Waals surface area contributed by atoms with Gasteiger partial charge in [-0.25, -0.2) is 4.98 Å². The topological polar surface area (TPSA) is 78.1 Å². The van der Waals surface area contributed by atoms with Crippen molar-refractivity contribution < 1.29 is 9.53 Å². The normalized spacial score (nSPS) is 12.5. The molecule has 1 rings (SSSR count). The number of carbonyl (C=O) groups is 1. The zero-order valence-corrected chi connectivity index (χ0v) is 8.93. The first-order valence-electron chi connectivity index (χ1n) is 4.70. The highest BCUT2D eigenvalue weighted by Crippen LogP contribution is 2.05. The molecule has 15 heavy (non-hydrogen) atoms. The van der Waals surface area contributed by atoms with Crippen LogP contribution in [0.2, 0.25) is 0 Å². The van der Waals surface area contributed by atoms with E-state index < -0.39 is 0 Å². The lowest BCUT2D eigenvalue weighted by molar-refractivity contribution is 0.0943. The first-order chi connectivity index (χ1) is 7.15. The van der Waals surface area contributed by atoms with E-state index in [1.165, 1.54) is 6.20 Å². The molecule has 0 aliphatic rings. The lowest BCUT2D eigenvalue weighted by Gasteiger charge is -2.09. The molecule has 0 bridgehead atoms. The van der Waals surface area contributed by atoms with Crippen LogP contribution in [0.5, 0.6) is 0 Å². The van der Waals surface area contributed by atoms with Gasteiger partial charge in [0.15, 0.2) is 5.78 Å². The fraction of sp³-hybridized carbons (Fsp3) is 0.500. The van der Waals surface area contributed by atoms with Gasteiger partial charge in [-0.05, 0) is 6.92 Å². The van der Waals surface area contributed by atoms with Crippen molar-refractivity contribution >= 4 is 5.78 Å². The van der Waals surface area contributed by atoms with Crippen LogP contribution in [0.15, 0.2) is 12.4 Å². The smallest absolute Gasteiger partial charge is 0.184 e. The predicted molar refractivity (Wildman–Crippen MR) is 55.6 cm³/mol. The van der Waals surface area contributed by atoms with Gasteiger partial charge in [-0.3, -0.25) is 9.78 Å². The van der Waals surface area contributed by atoms with Crippen LogP contribution >= 0.6 is 0 Å². The summed E-state index contributed by atoms with van der Waals surface area (Å²) in [6.07, 6.45) is 3.29. The Morgan fingerprint density at radius 1 is 1.53 bits per heavy atom. The largest absolute Gasteiger partial charge is 0.383 e. The number of ether oxygens (including phenoxy) is 1. The first kappa shape index (κ1) is 11.7. The number of rotatable bonds is 5. The van der Waals surface area contributed by atoms with Crippen molar-refractivity contribution in [2.45, 2.75) is 19.4 Å². The van der Waals surface area contributed by atoms with Crippen LogP contribution in [-0.2, 0) is 4.74 Å². The number of aromatic nitrogens is 2. The van der Waals surface area contributed by atoms with Crippen molar-refractivity contribution in [3.8, 4) is 0 Å². The number of aryl methyl sites for hydroxylation is 1. The minimum atomic E-state index is -0.288. The van der Waals surface area contributed by atoms with Crippen LogP contribution in [0.25, 0.3) is 0 Å². The van der Waals surface area contributed by atoms with E-state index in [9.17, 15) is 4.79 Å². The number of hydrogen-bond acceptors (Lipinski definition) is 5. The number of ketones is 1. The molecule has 0 radical (unpaired) electrons. The van der Waals surface area contributed by atoms with Crippen LogP contribution in [0.1, 0.15) is 22.6 Å². The Bertz CT molecular complexity index is 341. The lowest BCUT2D eigenvalue weighted by Crippen LogP contribution is -2.29. The fourth-order valence-corrected chi connectivity index (χ4v) is 1.29. The maximum Gasteiger partial charge on any atom is 0.184 e. The summed E-state index contributed by atoms with van der Waals surface area (Å²) in [7, 11) is 1.55. The Labute approximate surface area is 88.7 Å². The van der Waals surface area contributed by atoms with Gasteiger partial charge < -0.3 is 10.5 Å². The van der Waals surface area contributed by atoms with Crippen molar-refractivity contribution in [1.29, 1.82) is 0 Å². The molecular weight excluding hydrogens is 194 g/mol. The molecule has 0 fully saturated rings. The SMILES string of the molecule is COCC(N)CC(=O)c1nccnc1C. The van der Waals surface area contributed by atoms with E-state index in [0.717, 1.165) is 0 Å². The van der Waals surface area contributed by atoms with Gasteiger partial charge in [0.2, 0.25) is 0 Å². The first-order valence-corrected chi connectivity index (χ1v) is 4.70. The Kier molecular flexibility index (Phi) is 4.33. The van der Waals surface area contributed by atoms with Crippen LogP contribution in [-0.4, -0.2) is 35.5 Å². The summed E-state index contributed by atoms with van der Waals surface area (Å²) in [6.45, 7) is 2.12. The number of methoxy groups -OCH3 is 1. The van der Waals surface area contributed by atoms with Gasteiger partial charge >= 0.3 is 0 Å². The molecule has 2 N–H and O–H groups in total. The van der Waals surface area contributed by atoms with Crippen molar-refractivity contribution in [2.24, 2.45) is 5.73 Å². The van der Waals surface area contributed by atoms with Gasteiger partial charge in [0.25, 0.3) is 0 Å². The minimum absolute atomic E-state index is 0.0925. The second-order valence-corrected chi connectivity index (χ2v) is 3.33. The third-order valence-corrected chi connectivity index (χ3v) is 1.97. The molecule has 0 aliphatic carbocycles. The second-order valence-electron chi connectivity index (χ2n) is 3.33. The van der Waals surface area contributed by atoms with E-state index >= 15 is 0 Å². The molecule has 0 amide bonds. The summed E-state index contributed by atoms with van der Waals surface area (Å²) < 4.78 is 4.86. The highest BCUT2D eigenvalue weighted by molar-refractivity contribution is 5.95. The molecule has 82 valence electrons. The van der Waals surface area contributed by atoms with Crippen molar-refractivity contribution in [1.82, 2.24) is 9.97 Å². The average molecular weight is 209 g/mol. The maximum atomic E-state index is 11.7. The van der Waals surface area contributed by atoms with Crippen molar-refractivity contribution in [3.05, 3.63) is 23.8 Å². The van der Waals surface area contributed by atoms with Crippen molar-refractivity contribution in [2.75, 3.05) is 13.7 Å². The van der Waals surface area contributed by atoms with Crippen molar-refractivity contribution in [3.63, 3.8) is 0 Å². The molecule has 0 saturated carbocycles. The fourth-order valence-electron chi connectivity index (χ4n) is 1.29. The van der Waals surface area contributed by atoms with Crippen LogP contribution in [0, 0.1) is 6.92 Å². The second kappa shape index (κ2) is 5.53. The summed E-state index contributed by atoms with van der Waals surface area (Å²) in [6, 6.07) is -0.288. The monoisotopic (exact) mass is 209 g/mol. The van der Waals surface area contributed by atoms with E-state index in [0.29, 0.717) is 18.0 Å². The van der Waals surface area contributed by atoms with E-state index in [-0.39, 0.29) is 18.2 Å². The molecule has 0 saturated heterocycles. The minimum Gasteiger partial charge on any atom is -0.383 e. The molecule has 1 atom stereocenters. The molecule has 0 spiro atoms. The average Bonchev–Trinajstić information content (AvgIpc) is 2.18. The Morgan fingerprint density at radius 2 is 2.20 bits per heavy atom. The number of Topliss-reactive ketones (excluding diaryl/α,β-unsaturated/α-hetero) is 1. The van der Waals surface area contributed by atoms with Crippen LogP contribution in [0.4, 0.5) is 0 Å². The van der Waals surface area contributed by atoms with E-state index in [1.54, 1.807) is 20.2 Å². The molecule has 0 aromatic carbocycles. The van der Waals surface area contributed by atoms with Gasteiger partial charge in [-0.15, -0.1) is 0 Å². The molecule has 5 heteroatoms. The Morgan fingerprint density at radius 3 is 2.80 bits per heavy atom. The van der Waals surface area contributed by atoms with Gasteiger partial charge in [-0.1, -0.05) is 0 Å². The van der Waals surface area contributed by atoms with Gasteiger partial charge in [0.1, 0.15) is 5.69 Å². The van der Waals surface area contributed by atoms with Crippen LogP contribution in [0.3, 0.4) is 0 Å². The zero-order chi connectivity index (χ0) is 11.3. The molecule has 1 aromatic rings. The molecule has 1 unspecified atom stereocenters. The van der Waals surface area contributed by atoms with Gasteiger partial charge in [0, 0.05) is 32.0 Å². The van der Waals surface area contributed by atoms with E-state index in [1.807, 2.05) is 0 Å². The predicted octanol–water partition coefficient (Wildman–Crippen LogP) is 0.332. The number of hydrogen-bond donors (Lipinski definition) is 1. The highest BCUT2D eigenvalue weighted by Gasteiger charge is 2.14. The summed E-state index contributed by atoms with van der Waals surface area (Å²) in [4.78, 5) is 19.7. The van der Waals surface area contributed by atoms with E-state index in [4.69, 9.17) is 10.5 Å². The van der Waals surface area contributed by atoms with E-state index in [2.05, 4.69) is 9.97 Å². The third-order valence-electron chi connectivity index (χ3n) is 1.97. The van der Waals surface area contributed by atoms with Gasteiger partial charge in [0.05, 0.1) is 12.3 Å². The zero-order valence-electron chi connectivity index (χ0n) is 8.93. The summed E-state index contributed by atoms with van der Waals surface area (Å²) in [5, 5.41) is 0. The summed E-state index contributed by atoms with van der Waals surface area (Å²) in [5.41, 5.74) is 6.70. The quantitative estimate of drug-likeness (QED) is 0.707. The summed E-state index contributed by atoms with van der Waals surface area (Å²) in [5.74, 6) is -0.0925. The summed E-state index contributed by atoms with van der Waals surface area (Å²) >= 11 is 0. The maximum absolute atomic E-state index is 11.7. The number of carbonyl (C=O) groups excluding carboxylic acids is 1. The van der Waals surface area contributed by atoms with Gasteiger partial charge in [-0.2, -0.15) is 0 Å². The Hall–Kier alpha value is -1.33. The van der Waals surface area contributed by atoms with Crippen LogP contribution < -0.4 is 5.73 Å². The molecule has 1 heterocycles. The third kappa shape index (κ3) is 3.38. The number of nitrogens with zero attached hydrogens (tertiary/aromatic N) is 2. The molecule has 1 aromatic heterocycles. The Balaban J connectivity index is 2.65.